The highest BCUT2D eigenvalue weighted by Crippen LogP contribution is 2.65. The standard InChI is InChI=1S/C30H56O6PS/c1-4-7-10-13-16-22-27-33-37(34-28-23-17-14-11-8-5-2,35-29-24-18-15-12-9-6-3)36-38(31,32)30-25-20-19-21-26-30/h19-21,25-26H,4-18,22-24,27-29H2,1-3H3/q+1. The Hall–Kier alpha value is -0.560. The summed E-state index contributed by atoms with van der Waals surface area (Å²) in [6.45, 7) is 7.68. The first kappa shape index (κ1) is 35.5. The van der Waals surface area contributed by atoms with Crippen molar-refractivity contribution in [2.75, 3.05) is 19.8 Å². The van der Waals surface area contributed by atoms with E-state index < -0.39 is 18.3 Å². The summed E-state index contributed by atoms with van der Waals surface area (Å²) in [5.74, 6) is 0. The fourth-order valence-corrected chi connectivity index (χ4v) is 7.70. The molecule has 1 rings (SSSR count). The van der Waals surface area contributed by atoms with E-state index in [1.165, 1.54) is 69.9 Å². The van der Waals surface area contributed by atoms with Crippen LogP contribution in [0.4, 0.5) is 0 Å². The second kappa shape index (κ2) is 23.2. The van der Waals surface area contributed by atoms with Crippen LogP contribution in [0, 0.1) is 0 Å². The van der Waals surface area contributed by atoms with E-state index in [-0.39, 0.29) is 4.90 Å². The molecule has 0 fully saturated rings. The number of benzene rings is 1. The zero-order chi connectivity index (χ0) is 27.8. The smallest absolute Gasteiger partial charge is 0.190 e. The molecule has 0 N–H and O–H groups in total. The van der Waals surface area contributed by atoms with Crippen LogP contribution in [0.3, 0.4) is 0 Å². The van der Waals surface area contributed by atoms with E-state index in [0.29, 0.717) is 19.8 Å². The molecule has 0 saturated carbocycles. The normalized spacial score (nSPS) is 12.3. The Balaban J connectivity index is 2.88. The van der Waals surface area contributed by atoms with Gasteiger partial charge in [-0.25, -0.2) is 0 Å². The average molecular weight is 576 g/mol. The maximum Gasteiger partial charge on any atom is 0.592 e. The number of hydrogen-bond acceptors (Lipinski definition) is 6. The molecule has 222 valence electrons. The zero-order valence-electron chi connectivity index (χ0n) is 24.5. The first-order valence-corrected chi connectivity index (χ1v) is 18.2. The maximum absolute atomic E-state index is 13.2. The molecule has 1 aromatic rings. The second-order valence-electron chi connectivity index (χ2n) is 10.1. The Morgan fingerprint density at radius 2 is 0.868 bits per heavy atom. The molecule has 0 heterocycles. The Kier molecular flexibility index (Phi) is 21.6. The van der Waals surface area contributed by atoms with Gasteiger partial charge in [0.25, 0.3) is 0 Å². The molecule has 0 atom stereocenters. The van der Waals surface area contributed by atoms with Crippen LogP contribution in [-0.2, 0) is 27.7 Å². The molecule has 0 bridgehead atoms. The van der Waals surface area contributed by atoms with Crippen LogP contribution in [0.25, 0.3) is 0 Å². The Labute approximate surface area is 235 Å². The Bertz CT molecular complexity index is 714. The Morgan fingerprint density at radius 1 is 0.526 bits per heavy atom. The summed E-state index contributed by atoms with van der Waals surface area (Å²) in [5.41, 5.74) is 0. The first-order valence-electron chi connectivity index (χ1n) is 15.3. The van der Waals surface area contributed by atoms with Gasteiger partial charge in [0.05, 0.1) is 4.90 Å². The van der Waals surface area contributed by atoms with E-state index in [2.05, 4.69) is 20.8 Å². The van der Waals surface area contributed by atoms with Crippen LogP contribution in [-0.4, -0.2) is 28.2 Å². The molecule has 0 aliphatic carbocycles. The van der Waals surface area contributed by atoms with Gasteiger partial charge < -0.3 is 0 Å². The summed E-state index contributed by atoms with van der Waals surface area (Å²) in [6, 6.07) is 8.20. The van der Waals surface area contributed by atoms with Gasteiger partial charge in [0.1, 0.15) is 19.8 Å². The molecule has 0 spiro atoms. The third kappa shape index (κ3) is 17.2. The van der Waals surface area contributed by atoms with Gasteiger partial charge in [-0.1, -0.05) is 135 Å². The molecule has 0 aliphatic rings. The van der Waals surface area contributed by atoms with Crippen LogP contribution in [0.5, 0.6) is 0 Å². The van der Waals surface area contributed by atoms with Gasteiger partial charge in [-0.05, 0) is 35.4 Å². The van der Waals surface area contributed by atoms with E-state index >= 15 is 0 Å². The van der Waals surface area contributed by atoms with E-state index in [0.717, 1.165) is 57.8 Å². The van der Waals surface area contributed by atoms with Crippen molar-refractivity contribution in [2.45, 2.75) is 141 Å². The van der Waals surface area contributed by atoms with Crippen LogP contribution >= 0.6 is 8.17 Å². The third-order valence-corrected chi connectivity index (χ3v) is 10.3. The minimum absolute atomic E-state index is 0.0823. The fourth-order valence-electron chi connectivity index (χ4n) is 4.10. The molecule has 8 heteroatoms. The van der Waals surface area contributed by atoms with Crippen molar-refractivity contribution in [3.05, 3.63) is 30.3 Å². The number of unbranched alkanes of at least 4 members (excludes halogenated alkanes) is 15. The Morgan fingerprint density at radius 3 is 1.24 bits per heavy atom. The van der Waals surface area contributed by atoms with Gasteiger partial charge in [0.15, 0.2) is 0 Å². The molecule has 0 aliphatic heterocycles. The summed E-state index contributed by atoms with van der Waals surface area (Å²) in [4.78, 5) is 0.0823. The third-order valence-electron chi connectivity index (χ3n) is 6.46. The van der Waals surface area contributed by atoms with Crippen LogP contribution in [0.2, 0.25) is 0 Å². The van der Waals surface area contributed by atoms with Gasteiger partial charge in [-0.15, -0.1) is 0 Å². The largest absolute Gasteiger partial charge is 0.592 e. The quantitative estimate of drug-likeness (QED) is 0.0768. The van der Waals surface area contributed by atoms with Crippen molar-refractivity contribution in [1.29, 1.82) is 0 Å². The topological polar surface area (TPSA) is 71.1 Å². The molecule has 0 radical (unpaired) electrons. The van der Waals surface area contributed by atoms with Crippen molar-refractivity contribution in [3.8, 4) is 0 Å². The molecule has 0 amide bonds. The van der Waals surface area contributed by atoms with Crippen LogP contribution in [0.15, 0.2) is 35.2 Å². The SMILES string of the molecule is CCCCCCCCO[P+](OCCCCCCCC)(OCCCCCCCC)OS(=O)(=O)c1ccccc1. The van der Waals surface area contributed by atoms with Gasteiger partial charge in [0, 0.05) is 0 Å². The molecule has 6 nitrogen and oxygen atoms in total. The van der Waals surface area contributed by atoms with E-state index in [4.69, 9.17) is 17.5 Å². The lowest BCUT2D eigenvalue weighted by atomic mass is 10.1. The fraction of sp³-hybridized carbons (Fsp3) is 0.800. The molecular weight excluding hydrogens is 519 g/mol. The predicted octanol–water partition coefficient (Wildman–Crippen LogP) is 10.2. The summed E-state index contributed by atoms with van der Waals surface area (Å²) in [7, 11) is -7.66. The highest BCUT2D eigenvalue weighted by molar-refractivity contribution is 7.91. The molecule has 0 saturated heterocycles. The zero-order valence-corrected chi connectivity index (χ0v) is 26.3. The van der Waals surface area contributed by atoms with Crippen molar-refractivity contribution >= 4 is 18.3 Å². The lowest BCUT2D eigenvalue weighted by molar-refractivity contribution is 0.0851. The van der Waals surface area contributed by atoms with Gasteiger partial charge in [0.2, 0.25) is 0 Å². The highest BCUT2D eigenvalue weighted by atomic mass is 32.2. The van der Waals surface area contributed by atoms with Crippen molar-refractivity contribution in [1.82, 2.24) is 0 Å². The average Bonchev–Trinajstić information content (AvgIpc) is 2.92. The van der Waals surface area contributed by atoms with Gasteiger partial charge in [-0.3, -0.25) is 0 Å². The van der Waals surface area contributed by atoms with Crippen LogP contribution in [0.1, 0.15) is 136 Å². The van der Waals surface area contributed by atoms with Crippen molar-refractivity contribution in [3.63, 3.8) is 0 Å². The van der Waals surface area contributed by atoms with Gasteiger partial charge in [-0.2, -0.15) is 22.0 Å². The first-order chi connectivity index (χ1) is 18.5. The molecule has 38 heavy (non-hydrogen) atoms. The second-order valence-corrected chi connectivity index (χ2v) is 13.7. The summed E-state index contributed by atoms with van der Waals surface area (Å²) in [6.07, 6.45) is 19.9. The number of rotatable bonds is 27. The molecule has 0 aromatic heterocycles. The van der Waals surface area contributed by atoms with E-state index in [9.17, 15) is 8.42 Å². The molecular formula is C30H56O6PS+. The lowest BCUT2D eigenvalue weighted by Gasteiger charge is -2.19. The van der Waals surface area contributed by atoms with Gasteiger partial charge >= 0.3 is 18.3 Å². The minimum Gasteiger partial charge on any atom is -0.190 e. The minimum atomic E-state index is -4.11. The predicted molar refractivity (Wildman–Crippen MR) is 160 cm³/mol. The summed E-state index contributed by atoms with van der Waals surface area (Å²) >= 11 is 0. The van der Waals surface area contributed by atoms with Crippen molar-refractivity contribution < 1.29 is 26.0 Å². The van der Waals surface area contributed by atoms with Crippen molar-refractivity contribution in [2.24, 2.45) is 0 Å². The number of hydrogen-bond donors (Lipinski definition) is 0. The summed E-state index contributed by atoms with van der Waals surface area (Å²) in [5, 5.41) is 0. The molecule has 0 unspecified atom stereocenters. The van der Waals surface area contributed by atoms with Crippen LogP contribution < -0.4 is 0 Å². The summed E-state index contributed by atoms with van der Waals surface area (Å²) < 4.78 is 50.7. The van der Waals surface area contributed by atoms with E-state index in [1.807, 2.05) is 0 Å². The monoisotopic (exact) mass is 575 g/mol. The highest BCUT2D eigenvalue weighted by Gasteiger charge is 2.54. The lowest BCUT2D eigenvalue weighted by Crippen LogP contribution is -2.17. The maximum atomic E-state index is 13.2. The van der Waals surface area contributed by atoms with E-state index in [1.54, 1.807) is 18.2 Å². The molecule has 1 aromatic carbocycles.